The topological polar surface area (TPSA) is 38.7 Å². The van der Waals surface area contributed by atoms with Crippen molar-refractivity contribution >= 4 is 10.9 Å². The number of aromatic nitrogens is 3. The highest BCUT2D eigenvalue weighted by atomic mass is 14.9. The van der Waals surface area contributed by atoms with Crippen molar-refractivity contribution in [2.75, 3.05) is 0 Å². The number of pyridine rings is 1. The van der Waals surface area contributed by atoms with E-state index < -0.39 is 0 Å². The maximum Gasteiger partial charge on any atom is 0.179 e. The first-order chi connectivity index (χ1) is 11.7. The molecule has 3 heteroatoms. The van der Waals surface area contributed by atoms with Gasteiger partial charge in [-0.3, -0.25) is 0 Å². The van der Waals surface area contributed by atoms with E-state index in [0.29, 0.717) is 5.82 Å². The Labute approximate surface area is 141 Å². The number of benzene rings is 2. The molecular formula is C21H17N3. The minimum Gasteiger partial charge on any atom is -0.250 e. The molecular weight excluding hydrogens is 294 g/mol. The number of aryl methyl sites for hydroxylation is 2. The lowest BCUT2D eigenvalue weighted by atomic mass is 10.0. The zero-order valence-corrected chi connectivity index (χ0v) is 13.7. The molecule has 0 radical (unpaired) electrons. The van der Waals surface area contributed by atoms with Crippen molar-refractivity contribution in [1.29, 1.82) is 0 Å². The monoisotopic (exact) mass is 311 g/mol. The summed E-state index contributed by atoms with van der Waals surface area (Å²) in [6.45, 7) is 4.07. The number of hydrogen-bond donors (Lipinski definition) is 0. The van der Waals surface area contributed by atoms with Crippen LogP contribution in [-0.4, -0.2) is 15.0 Å². The van der Waals surface area contributed by atoms with Crippen molar-refractivity contribution in [2.45, 2.75) is 13.8 Å². The second kappa shape index (κ2) is 5.85. The summed E-state index contributed by atoms with van der Waals surface area (Å²) in [5.74, 6) is 0.661. The van der Waals surface area contributed by atoms with E-state index in [1.54, 1.807) is 0 Å². The van der Waals surface area contributed by atoms with Gasteiger partial charge in [-0.15, -0.1) is 0 Å². The molecule has 0 atom stereocenters. The van der Waals surface area contributed by atoms with Crippen molar-refractivity contribution in [3.63, 3.8) is 0 Å². The molecule has 0 saturated carbocycles. The molecule has 24 heavy (non-hydrogen) atoms. The predicted octanol–water partition coefficient (Wildman–Crippen LogP) is 4.98. The summed E-state index contributed by atoms with van der Waals surface area (Å²) in [4.78, 5) is 14.2. The highest BCUT2D eigenvalue weighted by Crippen LogP contribution is 2.29. The first-order valence-corrected chi connectivity index (χ1v) is 7.98. The molecule has 0 fully saturated rings. The fraction of sp³-hybridized carbons (Fsp3) is 0.0952. The summed E-state index contributed by atoms with van der Waals surface area (Å²) in [5.41, 5.74) is 5.93. The number of hydrogen-bond acceptors (Lipinski definition) is 3. The molecule has 0 saturated heterocycles. The van der Waals surface area contributed by atoms with Gasteiger partial charge in [0.15, 0.2) is 5.82 Å². The molecule has 0 amide bonds. The quantitative estimate of drug-likeness (QED) is 0.524. The fourth-order valence-electron chi connectivity index (χ4n) is 2.84. The van der Waals surface area contributed by atoms with Gasteiger partial charge in [-0.25, -0.2) is 15.0 Å². The van der Waals surface area contributed by atoms with Gasteiger partial charge in [-0.1, -0.05) is 48.0 Å². The lowest BCUT2D eigenvalue weighted by Crippen LogP contribution is -1.97. The van der Waals surface area contributed by atoms with Gasteiger partial charge in [-0.05, 0) is 38.1 Å². The van der Waals surface area contributed by atoms with E-state index in [2.05, 4.69) is 42.2 Å². The van der Waals surface area contributed by atoms with Crippen molar-refractivity contribution in [2.24, 2.45) is 0 Å². The zero-order valence-electron chi connectivity index (χ0n) is 13.7. The minimum absolute atomic E-state index is 0.661. The average molecular weight is 311 g/mol. The standard InChI is InChI=1S/C21H17N3/c1-14-11-12-18-17(13-14)20(16-8-4-3-5-9-16)24-21(23-18)19-10-6-7-15(2)22-19/h3-13H,1-2H3. The van der Waals surface area contributed by atoms with Crippen LogP contribution in [0.15, 0.2) is 66.7 Å². The molecule has 2 aromatic heterocycles. The van der Waals surface area contributed by atoms with Gasteiger partial charge < -0.3 is 0 Å². The second-order valence-corrected chi connectivity index (χ2v) is 5.95. The lowest BCUT2D eigenvalue weighted by Gasteiger charge is -2.10. The molecule has 0 unspecified atom stereocenters. The van der Waals surface area contributed by atoms with E-state index in [4.69, 9.17) is 9.97 Å². The van der Waals surface area contributed by atoms with Crippen molar-refractivity contribution in [1.82, 2.24) is 15.0 Å². The van der Waals surface area contributed by atoms with E-state index in [-0.39, 0.29) is 0 Å². The Morgan fingerprint density at radius 1 is 0.708 bits per heavy atom. The maximum atomic E-state index is 4.85. The molecule has 4 aromatic rings. The van der Waals surface area contributed by atoms with Crippen molar-refractivity contribution in [3.8, 4) is 22.8 Å². The molecule has 3 nitrogen and oxygen atoms in total. The highest BCUT2D eigenvalue weighted by molar-refractivity contribution is 5.93. The fourth-order valence-corrected chi connectivity index (χ4v) is 2.84. The summed E-state index contributed by atoms with van der Waals surface area (Å²) < 4.78 is 0. The largest absolute Gasteiger partial charge is 0.250 e. The maximum absolute atomic E-state index is 4.85. The van der Waals surface area contributed by atoms with Crippen LogP contribution in [0.1, 0.15) is 11.3 Å². The molecule has 0 N–H and O–H groups in total. The van der Waals surface area contributed by atoms with Crippen LogP contribution in [0.5, 0.6) is 0 Å². The summed E-state index contributed by atoms with van der Waals surface area (Å²) >= 11 is 0. The van der Waals surface area contributed by atoms with Crippen molar-refractivity contribution in [3.05, 3.63) is 78.0 Å². The van der Waals surface area contributed by atoms with E-state index in [1.807, 2.05) is 43.3 Å². The Kier molecular flexibility index (Phi) is 3.54. The molecule has 0 spiro atoms. The SMILES string of the molecule is Cc1ccc2nc(-c3cccc(C)n3)nc(-c3ccccc3)c2c1. The number of rotatable bonds is 2. The summed E-state index contributed by atoms with van der Waals surface area (Å²) in [7, 11) is 0. The normalized spacial score (nSPS) is 10.9. The van der Waals surface area contributed by atoms with Crippen LogP contribution in [-0.2, 0) is 0 Å². The molecule has 116 valence electrons. The van der Waals surface area contributed by atoms with E-state index in [0.717, 1.165) is 33.5 Å². The van der Waals surface area contributed by atoms with Gasteiger partial charge in [-0.2, -0.15) is 0 Å². The Bertz CT molecular complexity index is 1020. The summed E-state index contributed by atoms with van der Waals surface area (Å²) in [6.07, 6.45) is 0. The van der Waals surface area contributed by atoms with E-state index in [1.165, 1.54) is 5.56 Å². The third-order valence-electron chi connectivity index (χ3n) is 4.02. The average Bonchev–Trinajstić information content (AvgIpc) is 2.61. The summed E-state index contributed by atoms with van der Waals surface area (Å²) in [6, 6.07) is 22.4. The highest BCUT2D eigenvalue weighted by Gasteiger charge is 2.12. The van der Waals surface area contributed by atoms with Gasteiger partial charge in [0, 0.05) is 16.6 Å². The Morgan fingerprint density at radius 3 is 2.33 bits per heavy atom. The van der Waals surface area contributed by atoms with E-state index in [9.17, 15) is 0 Å². The number of fused-ring (bicyclic) bond motifs is 1. The van der Waals surface area contributed by atoms with Crippen LogP contribution in [0.4, 0.5) is 0 Å². The molecule has 4 rings (SSSR count). The van der Waals surface area contributed by atoms with Gasteiger partial charge in [0.1, 0.15) is 5.69 Å². The van der Waals surface area contributed by atoms with Gasteiger partial charge in [0.2, 0.25) is 0 Å². The molecule has 0 aliphatic heterocycles. The molecule has 2 heterocycles. The van der Waals surface area contributed by atoms with Crippen molar-refractivity contribution < 1.29 is 0 Å². The number of nitrogens with zero attached hydrogens (tertiary/aromatic N) is 3. The molecule has 0 aliphatic carbocycles. The van der Waals surface area contributed by atoms with Crippen LogP contribution in [0.2, 0.25) is 0 Å². The molecule has 0 bridgehead atoms. The third-order valence-corrected chi connectivity index (χ3v) is 4.02. The summed E-state index contributed by atoms with van der Waals surface area (Å²) in [5, 5.41) is 1.07. The van der Waals surface area contributed by atoms with Crippen LogP contribution < -0.4 is 0 Å². The Morgan fingerprint density at radius 2 is 1.54 bits per heavy atom. The van der Waals surface area contributed by atoms with Crippen LogP contribution in [0.3, 0.4) is 0 Å². The zero-order chi connectivity index (χ0) is 16.5. The Balaban J connectivity index is 2.03. The predicted molar refractivity (Wildman–Crippen MR) is 97.7 cm³/mol. The lowest BCUT2D eigenvalue weighted by molar-refractivity contribution is 1.14. The smallest absolute Gasteiger partial charge is 0.179 e. The second-order valence-electron chi connectivity index (χ2n) is 5.95. The van der Waals surface area contributed by atoms with Gasteiger partial charge >= 0.3 is 0 Å². The molecule has 2 aromatic carbocycles. The van der Waals surface area contributed by atoms with Crippen LogP contribution in [0.25, 0.3) is 33.7 Å². The Hall–Kier alpha value is -3.07. The van der Waals surface area contributed by atoms with Crippen LogP contribution >= 0.6 is 0 Å². The third kappa shape index (κ3) is 2.65. The first-order valence-electron chi connectivity index (χ1n) is 7.98. The van der Waals surface area contributed by atoms with Gasteiger partial charge in [0.25, 0.3) is 0 Å². The first kappa shape index (κ1) is 14.5. The van der Waals surface area contributed by atoms with Crippen LogP contribution in [0, 0.1) is 13.8 Å². The minimum atomic E-state index is 0.661. The molecule has 0 aliphatic rings. The van der Waals surface area contributed by atoms with Gasteiger partial charge in [0.05, 0.1) is 11.2 Å². The van der Waals surface area contributed by atoms with E-state index >= 15 is 0 Å².